The molecule has 1 saturated carbocycles. The molecule has 1 heterocycles. The average molecular weight is 250 g/mol. The molecule has 1 spiro atoms. The van der Waals surface area contributed by atoms with Crippen LogP contribution in [0, 0.1) is 23.2 Å². The lowest BCUT2D eigenvalue weighted by Gasteiger charge is -2.67. The predicted molar refractivity (Wildman–Crippen MR) is 72.2 cm³/mol. The van der Waals surface area contributed by atoms with Crippen molar-refractivity contribution in [3.63, 3.8) is 0 Å². The van der Waals surface area contributed by atoms with Crippen LogP contribution in [0.15, 0.2) is 12.2 Å². The van der Waals surface area contributed by atoms with Crippen molar-refractivity contribution in [1.82, 2.24) is 0 Å². The van der Waals surface area contributed by atoms with E-state index in [0.29, 0.717) is 17.8 Å². The Balaban J connectivity index is 1.94. The van der Waals surface area contributed by atoms with Gasteiger partial charge in [0.05, 0.1) is 13.2 Å². The molecule has 1 aliphatic heterocycles. The van der Waals surface area contributed by atoms with E-state index in [1.54, 1.807) is 0 Å². The third-order valence-electron chi connectivity index (χ3n) is 5.43. The van der Waals surface area contributed by atoms with Crippen molar-refractivity contribution in [2.45, 2.75) is 52.2 Å². The molecule has 18 heavy (non-hydrogen) atoms. The van der Waals surface area contributed by atoms with Gasteiger partial charge in [-0.25, -0.2) is 0 Å². The van der Waals surface area contributed by atoms with Gasteiger partial charge in [0, 0.05) is 11.3 Å². The first-order valence-electron chi connectivity index (χ1n) is 7.61. The van der Waals surface area contributed by atoms with Gasteiger partial charge >= 0.3 is 0 Å². The van der Waals surface area contributed by atoms with E-state index in [1.807, 2.05) is 0 Å². The Labute approximate surface area is 111 Å². The minimum absolute atomic E-state index is 0.249. The Morgan fingerprint density at radius 1 is 1.28 bits per heavy atom. The maximum absolute atomic E-state index is 6.20. The summed E-state index contributed by atoms with van der Waals surface area (Å²) < 4.78 is 12.4. The molecule has 1 saturated heterocycles. The van der Waals surface area contributed by atoms with Crippen molar-refractivity contribution in [3.05, 3.63) is 12.2 Å². The summed E-state index contributed by atoms with van der Waals surface area (Å²) in [6, 6.07) is 0. The summed E-state index contributed by atoms with van der Waals surface area (Å²) in [5.41, 5.74) is 0.262. The SMILES string of the molecule is CCC12CCC=CC1C(CC(C)C)C21OCCO1. The normalized spacial score (nSPS) is 41.1. The molecule has 0 N–H and O–H groups in total. The van der Waals surface area contributed by atoms with Crippen molar-refractivity contribution in [2.75, 3.05) is 13.2 Å². The van der Waals surface area contributed by atoms with Crippen LogP contribution < -0.4 is 0 Å². The maximum Gasteiger partial charge on any atom is 0.178 e. The second-order valence-electron chi connectivity index (χ2n) is 6.60. The molecule has 3 aliphatic rings. The Hall–Kier alpha value is -0.340. The van der Waals surface area contributed by atoms with Crippen molar-refractivity contribution >= 4 is 0 Å². The Kier molecular flexibility index (Phi) is 3.06. The molecule has 2 heteroatoms. The average Bonchev–Trinajstić information content (AvgIpc) is 2.87. The second kappa shape index (κ2) is 4.35. The standard InChI is InChI=1S/C16H26O2/c1-4-15-8-6-5-7-13(15)14(11-12(2)3)16(15)17-9-10-18-16/h5,7,12-14H,4,6,8-11H2,1-3H3. The molecule has 2 nitrogen and oxygen atoms in total. The first kappa shape index (κ1) is 12.7. The summed E-state index contributed by atoms with van der Waals surface area (Å²) in [6.07, 6.45) is 9.64. The summed E-state index contributed by atoms with van der Waals surface area (Å²) in [5.74, 6) is 1.71. The minimum Gasteiger partial charge on any atom is -0.347 e. The third-order valence-corrected chi connectivity index (χ3v) is 5.43. The predicted octanol–water partition coefficient (Wildman–Crippen LogP) is 3.77. The van der Waals surface area contributed by atoms with Crippen LogP contribution in [0.1, 0.15) is 46.5 Å². The van der Waals surface area contributed by atoms with Crippen molar-refractivity contribution in [3.8, 4) is 0 Å². The highest BCUT2D eigenvalue weighted by molar-refractivity contribution is 5.23. The molecule has 0 amide bonds. The summed E-state index contributed by atoms with van der Waals surface area (Å²) in [7, 11) is 0. The second-order valence-corrected chi connectivity index (χ2v) is 6.60. The number of allylic oxidation sites excluding steroid dienone is 2. The fourth-order valence-electron chi connectivity index (χ4n) is 4.77. The van der Waals surface area contributed by atoms with E-state index in [-0.39, 0.29) is 11.2 Å². The molecule has 3 unspecified atom stereocenters. The van der Waals surface area contributed by atoms with Crippen molar-refractivity contribution < 1.29 is 9.47 Å². The zero-order chi connectivity index (χ0) is 12.8. The smallest absolute Gasteiger partial charge is 0.178 e. The summed E-state index contributed by atoms with van der Waals surface area (Å²) in [5, 5.41) is 0. The Morgan fingerprint density at radius 2 is 2.00 bits per heavy atom. The summed E-state index contributed by atoms with van der Waals surface area (Å²) in [4.78, 5) is 0. The molecule has 3 atom stereocenters. The molecule has 102 valence electrons. The molecular weight excluding hydrogens is 224 g/mol. The zero-order valence-electron chi connectivity index (χ0n) is 11.9. The van der Waals surface area contributed by atoms with Gasteiger partial charge in [0.1, 0.15) is 0 Å². The first-order valence-corrected chi connectivity index (χ1v) is 7.61. The van der Waals surface area contributed by atoms with Gasteiger partial charge in [0.15, 0.2) is 5.79 Å². The third kappa shape index (κ3) is 1.42. The Morgan fingerprint density at radius 3 is 2.61 bits per heavy atom. The van der Waals surface area contributed by atoms with Gasteiger partial charge in [0.2, 0.25) is 0 Å². The van der Waals surface area contributed by atoms with Crippen LogP contribution in [-0.4, -0.2) is 19.0 Å². The van der Waals surface area contributed by atoms with Crippen LogP contribution in [0.4, 0.5) is 0 Å². The van der Waals surface area contributed by atoms with E-state index in [4.69, 9.17) is 9.47 Å². The number of rotatable bonds is 3. The van der Waals surface area contributed by atoms with Crippen LogP contribution >= 0.6 is 0 Å². The van der Waals surface area contributed by atoms with E-state index in [0.717, 1.165) is 13.2 Å². The molecule has 2 aliphatic carbocycles. The van der Waals surface area contributed by atoms with Crippen molar-refractivity contribution in [1.29, 1.82) is 0 Å². The Bertz CT molecular complexity index is 341. The summed E-state index contributed by atoms with van der Waals surface area (Å²) in [6.45, 7) is 8.49. The number of hydrogen-bond acceptors (Lipinski definition) is 2. The number of hydrogen-bond donors (Lipinski definition) is 0. The lowest BCUT2D eigenvalue weighted by Crippen LogP contribution is -2.71. The molecular formula is C16H26O2. The highest BCUT2D eigenvalue weighted by Crippen LogP contribution is 2.69. The lowest BCUT2D eigenvalue weighted by molar-refractivity contribution is -0.367. The van der Waals surface area contributed by atoms with Crippen LogP contribution in [-0.2, 0) is 9.47 Å². The van der Waals surface area contributed by atoms with Crippen molar-refractivity contribution in [2.24, 2.45) is 23.2 Å². The minimum atomic E-state index is -0.249. The molecule has 2 fully saturated rings. The van der Waals surface area contributed by atoms with Gasteiger partial charge in [-0.05, 0) is 37.5 Å². The van der Waals surface area contributed by atoms with Crippen LogP contribution in [0.3, 0.4) is 0 Å². The largest absolute Gasteiger partial charge is 0.347 e. The van der Waals surface area contributed by atoms with Gasteiger partial charge in [-0.15, -0.1) is 0 Å². The van der Waals surface area contributed by atoms with E-state index in [1.165, 1.54) is 25.7 Å². The van der Waals surface area contributed by atoms with Crippen LogP contribution in [0.5, 0.6) is 0 Å². The molecule has 0 aromatic carbocycles. The monoisotopic (exact) mass is 250 g/mol. The van der Waals surface area contributed by atoms with E-state index in [2.05, 4.69) is 32.9 Å². The van der Waals surface area contributed by atoms with Gasteiger partial charge in [0.25, 0.3) is 0 Å². The molecule has 0 bridgehead atoms. The van der Waals surface area contributed by atoms with E-state index >= 15 is 0 Å². The van der Waals surface area contributed by atoms with Gasteiger partial charge in [-0.3, -0.25) is 0 Å². The fourth-order valence-corrected chi connectivity index (χ4v) is 4.77. The van der Waals surface area contributed by atoms with Gasteiger partial charge < -0.3 is 9.47 Å². The van der Waals surface area contributed by atoms with Gasteiger partial charge in [-0.1, -0.05) is 32.9 Å². The molecule has 0 aromatic rings. The zero-order valence-corrected chi connectivity index (χ0v) is 11.9. The quantitative estimate of drug-likeness (QED) is 0.710. The number of ether oxygens (including phenoxy) is 2. The van der Waals surface area contributed by atoms with E-state index in [9.17, 15) is 0 Å². The highest BCUT2D eigenvalue weighted by Gasteiger charge is 2.73. The molecule has 0 aromatic heterocycles. The van der Waals surface area contributed by atoms with E-state index < -0.39 is 0 Å². The first-order chi connectivity index (χ1) is 8.66. The lowest BCUT2D eigenvalue weighted by atomic mass is 9.43. The number of fused-ring (bicyclic) bond motifs is 2. The molecule has 0 radical (unpaired) electrons. The maximum atomic E-state index is 6.20. The van der Waals surface area contributed by atoms with Crippen LogP contribution in [0.2, 0.25) is 0 Å². The van der Waals surface area contributed by atoms with Crippen LogP contribution in [0.25, 0.3) is 0 Å². The summed E-state index contributed by atoms with van der Waals surface area (Å²) >= 11 is 0. The molecule has 3 rings (SSSR count). The fraction of sp³-hybridized carbons (Fsp3) is 0.875. The highest BCUT2D eigenvalue weighted by atomic mass is 16.7. The van der Waals surface area contributed by atoms with Gasteiger partial charge in [-0.2, -0.15) is 0 Å². The topological polar surface area (TPSA) is 18.5 Å².